The molecule has 0 spiro atoms. The van der Waals surface area contributed by atoms with E-state index in [2.05, 4.69) is 31.2 Å². The molecule has 0 saturated heterocycles. The number of ether oxygens (including phenoxy) is 1. The van der Waals surface area contributed by atoms with Gasteiger partial charge in [0.05, 0.1) is 24.6 Å². The first kappa shape index (κ1) is 21.0. The molecular formula is C19H16BrN3O4S2. The van der Waals surface area contributed by atoms with Crippen molar-refractivity contribution in [3.05, 3.63) is 75.6 Å². The predicted octanol–water partition coefficient (Wildman–Crippen LogP) is 4.08. The van der Waals surface area contributed by atoms with E-state index < -0.39 is 15.9 Å². The molecular weight excluding hydrogens is 478 g/mol. The zero-order valence-corrected chi connectivity index (χ0v) is 18.3. The fourth-order valence-electron chi connectivity index (χ4n) is 2.41. The topological polar surface area (TPSA) is 96.9 Å². The van der Waals surface area contributed by atoms with Crippen LogP contribution in [0.1, 0.15) is 15.9 Å². The average Bonchev–Trinajstić information content (AvgIpc) is 3.24. The lowest BCUT2D eigenvalue weighted by molar-refractivity contribution is 0.0956. The van der Waals surface area contributed by atoms with Gasteiger partial charge in [0.25, 0.3) is 15.9 Å². The quantitative estimate of drug-likeness (QED) is 0.382. The van der Waals surface area contributed by atoms with E-state index in [0.29, 0.717) is 11.3 Å². The Morgan fingerprint density at radius 1 is 1.17 bits per heavy atom. The van der Waals surface area contributed by atoms with E-state index in [0.717, 1.165) is 15.8 Å². The van der Waals surface area contributed by atoms with Crippen LogP contribution >= 0.6 is 27.3 Å². The summed E-state index contributed by atoms with van der Waals surface area (Å²) in [5.74, 6) is 0.0370. The molecule has 0 aliphatic rings. The number of hydrogen-bond donors (Lipinski definition) is 2. The van der Waals surface area contributed by atoms with E-state index in [1.807, 2.05) is 6.07 Å². The number of anilines is 1. The van der Waals surface area contributed by atoms with Crippen LogP contribution in [0.5, 0.6) is 5.75 Å². The first-order chi connectivity index (χ1) is 13.9. The predicted molar refractivity (Wildman–Crippen MR) is 117 cm³/mol. The van der Waals surface area contributed by atoms with Crippen molar-refractivity contribution >= 4 is 55.1 Å². The number of methoxy groups -OCH3 is 1. The average molecular weight is 494 g/mol. The fourth-order valence-corrected chi connectivity index (χ4v) is 4.86. The summed E-state index contributed by atoms with van der Waals surface area (Å²) < 4.78 is 33.6. The number of carbonyl (C=O) groups excluding carboxylic acids is 1. The van der Waals surface area contributed by atoms with Crippen LogP contribution in [0, 0.1) is 0 Å². The van der Waals surface area contributed by atoms with Crippen molar-refractivity contribution in [2.75, 3.05) is 11.8 Å². The molecule has 1 amide bonds. The number of thiophene rings is 1. The number of para-hydroxylation sites is 1. The lowest BCUT2D eigenvalue weighted by Gasteiger charge is -2.10. The number of amides is 1. The molecule has 0 atom stereocenters. The van der Waals surface area contributed by atoms with Crippen molar-refractivity contribution in [2.45, 2.75) is 4.21 Å². The second-order valence-electron chi connectivity index (χ2n) is 5.67. The van der Waals surface area contributed by atoms with Gasteiger partial charge in [-0.2, -0.15) is 5.10 Å². The molecule has 0 aliphatic heterocycles. The van der Waals surface area contributed by atoms with Crippen LogP contribution in [0.15, 0.2) is 73.8 Å². The minimum atomic E-state index is -3.77. The first-order valence-corrected chi connectivity index (χ1v) is 11.4. The van der Waals surface area contributed by atoms with Crippen molar-refractivity contribution in [2.24, 2.45) is 5.10 Å². The molecule has 0 fully saturated rings. The Balaban J connectivity index is 1.78. The van der Waals surface area contributed by atoms with Gasteiger partial charge >= 0.3 is 0 Å². The zero-order chi connectivity index (χ0) is 20.9. The third-order valence-corrected chi connectivity index (χ3v) is 6.99. The highest BCUT2D eigenvalue weighted by molar-refractivity contribution is 9.10. The summed E-state index contributed by atoms with van der Waals surface area (Å²) in [5, 5.41) is 5.62. The molecule has 3 aromatic rings. The number of rotatable bonds is 7. The summed E-state index contributed by atoms with van der Waals surface area (Å²) in [4.78, 5) is 12.6. The number of hydrogen-bond acceptors (Lipinski definition) is 6. The van der Waals surface area contributed by atoms with E-state index in [1.54, 1.807) is 35.7 Å². The Hall–Kier alpha value is -2.69. The molecule has 2 aromatic carbocycles. The molecule has 2 N–H and O–H groups in total. The van der Waals surface area contributed by atoms with Crippen LogP contribution in [-0.2, 0) is 10.0 Å². The second-order valence-corrected chi connectivity index (χ2v) is 9.44. The number of halogens is 1. The highest BCUT2D eigenvalue weighted by atomic mass is 79.9. The maximum atomic E-state index is 12.6. The summed E-state index contributed by atoms with van der Waals surface area (Å²) in [6.07, 6.45) is 1.44. The van der Waals surface area contributed by atoms with E-state index in [1.165, 1.54) is 31.5 Å². The summed E-state index contributed by atoms with van der Waals surface area (Å²) in [7, 11) is -2.24. The van der Waals surface area contributed by atoms with Gasteiger partial charge in [-0.25, -0.2) is 13.8 Å². The van der Waals surface area contributed by atoms with Crippen LogP contribution in [0.2, 0.25) is 0 Å². The Morgan fingerprint density at radius 2 is 1.97 bits per heavy atom. The largest absolute Gasteiger partial charge is 0.496 e. The van der Waals surface area contributed by atoms with Gasteiger partial charge in [-0.3, -0.25) is 9.52 Å². The monoisotopic (exact) mass is 493 g/mol. The number of carbonyl (C=O) groups is 1. The van der Waals surface area contributed by atoms with Crippen molar-refractivity contribution in [1.29, 1.82) is 0 Å². The van der Waals surface area contributed by atoms with Crippen molar-refractivity contribution in [1.82, 2.24) is 5.43 Å². The van der Waals surface area contributed by atoms with Crippen molar-refractivity contribution < 1.29 is 17.9 Å². The van der Waals surface area contributed by atoms with E-state index >= 15 is 0 Å². The van der Waals surface area contributed by atoms with Crippen molar-refractivity contribution in [3.8, 4) is 5.75 Å². The lowest BCUT2D eigenvalue weighted by Crippen LogP contribution is -2.21. The standard InChI is InChI=1S/C19H16BrN3O4S2/c1-27-17-9-8-14(20)11-13(17)12-21-22-19(24)15-5-2-3-6-16(15)23-29(25,26)18-7-4-10-28-18/h2-12,23H,1H3,(H,22,24)/b21-12-. The smallest absolute Gasteiger partial charge is 0.273 e. The summed E-state index contributed by atoms with van der Waals surface area (Å²) >= 11 is 4.46. The van der Waals surface area contributed by atoms with Crippen LogP contribution in [0.4, 0.5) is 5.69 Å². The Bertz CT molecular complexity index is 1150. The van der Waals surface area contributed by atoms with Crippen LogP contribution in [0.25, 0.3) is 0 Å². The van der Waals surface area contributed by atoms with Gasteiger partial charge < -0.3 is 4.74 Å². The highest BCUT2D eigenvalue weighted by Gasteiger charge is 2.19. The van der Waals surface area contributed by atoms with Crippen LogP contribution in [0.3, 0.4) is 0 Å². The van der Waals surface area contributed by atoms with Gasteiger partial charge in [0, 0.05) is 10.0 Å². The maximum Gasteiger partial charge on any atom is 0.273 e. The Morgan fingerprint density at radius 3 is 2.69 bits per heavy atom. The molecule has 7 nitrogen and oxygen atoms in total. The van der Waals surface area contributed by atoms with Gasteiger partial charge in [0.15, 0.2) is 0 Å². The maximum absolute atomic E-state index is 12.6. The third-order valence-electron chi connectivity index (χ3n) is 3.74. The van der Waals surface area contributed by atoms with Gasteiger partial charge in [0.1, 0.15) is 9.96 Å². The van der Waals surface area contributed by atoms with E-state index in [4.69, 9.17) is 4.74 Å². The van der Waals surface area contributed by atoms with E-state index in [-0.39, 0.29) is 15.5 Å². The van der Waals surface area contributed by atoms with E-state index in [9.17, 15) is 13.2 Å². The minimum Gasteiger partial charge on any atom is -0.496 e. The van der Waals surface area contributed by atoms with Crippen molar-refractivity contribution in [3.63, 3.8) is 0 Å². The summed E-state index contributed by atoms with van der Waals surface area (Å²) in [5.41, 5.74) is 3.37. The van der Waals surface area contributed by atoms with Crippen LogP contribution < -0.4 is 14.9 Å². The van der Waals surface area contributed by atoms with Gasteiger partial charge in [0.2, 0.25) is 0 Å². The number of hydrazone groups is 1. The molecule has 150 valence electrons. The molecule has 1 heterocycles. The Labute approximate surface area is 180 Å². The number of sulfonamides is 1. The minimum absolute atomic E-state index is 0.144. The van der Waals surface area contributed by atoms with Gasteiger partial charge in [-0.1, -0.05) is 34.1 Å². The summed E-state index contributed by atoms with van der Waals surface area (Å²) in [6.45, 7) is 0. The molecule has 3 rings (SSSR count). The molecule has 0 aliphatic carbocycles. The fraction of sp³-hybridized carbons (Fsp3) is 0.0526. The van der Waals surface area contributed by atoms with Crippen LogP contribution in [-0.4, -0.2) is 27.6 Å². The third kappa shape index (κ3) is 5.22. The number of nitrogens with one attached hydrogen (secondary N) is 2. The molecule has 0 bridgehead atoms. The highest BCUT2D eigenvalue weighted by Crippen LogP contribution is 2.23. The second kappa shape index (κ2) is 9.21. The zero-order valence-electron chi connectivity index (χ0n) is 15.1. The van der Waals surface area contributed by atoms with Gasteiger partial charge in [-0.15, -0.1) is 11.3 Å². The summed E-state index contributed by atoms with van der Waals surface area (Å²) in [6, 6.07) is 14.8. The SMILES string of the molecule is COc1ccc(Br)cc1/C=N\NC(=O)c1ccccc1NS(=O)(=O)c1cccs1. The molecule has 1 aromatic heterocycles. The number of benzene rings is 2. The molecule has 10 heteroatoms. The molecule has 0 radical (unpaired) electrons. The molecule has 0 saturated carbocycles. The first-order valence-electron chi connectivity index (χ1n) is 8.23. The molecule has 29 heavy (non-hydrogen) atoms. The molecule has 0 unspecified atom stereocenters. The number of nitrogens with zero attached hydrogens (tertiary/aromatic N) is 1. The lowest BCUT2D eigenvalue weighted by atomic mass is 10.2. The normalized spacial score (nSPS) is 11.4. The van der Waals surface area contributed by atoms with Gasteiger partial charge in [-0.05, 0) is 41.8 Å². The Kier molecular flexibility index (Phi) is 6.68.